The van der Waals surface area contributed by atoms with Crippen LogP contribution in [0.1, 0.15) is 32.3 Å². The molecule has 0 aliphatic heterocycles. The summed E-state index contributed by atoms with van der Waals surface area (Å²) < 4.78 is 32.2. The number of ether oxygens (including phenoxy) is 1. The number of methoxy groups -OCH3 is 1. The molecule has 0 aliphatic carbocycles. The summed E-state index contributed by atoms with van der Waals surface area (Å²) in [6.07, 6.45) is 0.966. The Morgan fingerprint density at radius 3 is 2.40 bits per heavy atom. The number of nitrogens with one attached hydrogen (secondary N) is 1. The third-order valence-electron chi connectivity index (χ3n) is 3.52. The average Bonchev–Trinajstić information content (AvgIpc) is 2.45. The summed E-state index contributed by atoms with van der Waals surface area (Å²) in [6, 6.07) is 4.96. The first-order valence-corrected chi connectivity index (χ1v) is 8.13. The van der Waals surface area contributed by atoms with E-state index >= 15 is 0 Å². The molecule has 0 radical (unpaired) electrons. The molecule has 0 unspecified atom stereocenters. The number of hydrogen-bond donors (Lipinski definition) is 2. The molecule has 0 spiro atoms. The Balaban J connectivity index is 3.03. The fraction of sp³-hybridized carbons (Fsp3) is 0.571. The quantitative estimate of drug-likeness (QED) is 0.805. The van der Waals surface area contributed by atoms with Gasteiger partial charge in [0.15, 0.2) is 0 Å². The molecule has 0 bridgehead atoms. The molecule has 0 amide bonds. The van der Waals surface area contributed by atoms with E-state index in [1.165, 1.54) is 7.11 Å². The van der Waals surface area contributed by atoms with Crippen LogP contribution in [0, 0.1) is 6.92 Å². The van der Waals surface area contributed by atoms with E-state index in [2.05, 4.69) is 4.72 Å². The van der Waals surface area contributed by atoms with Gasteiger partial charge in [-0.15, -0.1) is 0 Å². The summed E-state index contributed by atoms with van der Waals surface area (Å²) in [5.41, 5.74) is -0.197. The molecule has 1 aromatic rings. The minimum atomic E-state index is -3.71. The summed E-state index contributed by atoms with van der Waals surface area (Å²) in [5, 5.41) is 10.2. The number of rotatable bonds is 7. The fourth-order valence-electron chi connectivity index (χ4n) is 1.80. The summed E-state index contributed by atoms with van der Waals surface area (Å²) in [6.45, 7) is 5.45. The predicted octanol–water partition coefficient (Wildman–Crippen LogP) is 1.83. The number of sulfonamides is 1. The third kappa shape index (κ3) is 3.94. The van der Waals surface area contributed by atoms with Crippen molar-refractivity contribution in [1.29, 1.82) is 0 Å². The first-order chi connectivity index (χ1) is 9.28. The average molecular weight is 301 g/mol. The number of benzene rings is 1. The minimum absolute atomic E-state index is 0.0145. The molecule has 0 aromatic heterocycles. The third-order valence-corrected chi connectivity index (χ3v) is 4.94. The van der Waals surface area contributed by atoms with Crippen LogP contribution < -0.4 is 9.46 Å². The van der Waals surface area contributed by atoms with E-state index in [0.29, 0.717) is 18.6 Å². The highest BCUT2D eigenvalue weighted by Crippen LogP contribution is 2.25. The van der Waals surface area contributed by atoms with Crippen molar-refractivity contribution in [3.63, 3.8) is 0 Å². The second kappa shape index (κ2) is 6.56. The van der Waals surface area contributed by atoms with Crippen molar-refractivity contribution in [2.75, 3.05) is 13.7 Å². The summed E-state index contributed by atoms with van der Waals surface area (Å²) >= 11 is 0. The van der Waals surface area contributed by atoms with Crippen LogP contribution in [0.3, 0.4) is 0 Å². The number of aliphatic hydroxyl groups is 1. The van der Waals surface area contributed by atoms with E-state index in [1.54, 1.807) is 18.2 Å². The molecule has 0 heterocycles. The Bertz CT molecular complexity index is 550. The Labute approximate surface area is 121 Å². The Hall–Kier alpha value is -1.11. The van der Waals surface area contributed by atoms with Crippen molar-refractivity contribution in [3.05, 3.63) is 23.8 Å². The zero-order chi connectivity index (χ0) is 15.4. The van der Waals surface area contributed by atoms with Crippen LogP contribution in [0.5, 0.6) is 5.75 Å². The van der Waals surface area contributed by atoms with Crippen LogP contribution in [0.25, 0.3) is 0 Å². The van der Waals surface area contributed by atoms with E-state index in [9.17, 15) is 13.5 Å². The van der Waals surface area contributed by atoms with Gasteiger partial charge in [-0.3, -0.25) is 0 Å². The van der Waals surface area contributed by atoms with Crippen molar-refractivity contribution in [2.24, 2.45) is 0 Å². The maximum Gasteiger partial charge on any atom is 0.244 e. The molecule has 0 saturated heterocycles. The normalized spacial score (nSPS) is 12.4. The fourth-order valence-corrected chi connectivity index (χ4v) is 3.17. The molecule has 0 fully saturated rings. The van der Waals surface area contributed by atoms with Crippen molar-refractivity contribution >= 4 is 10.0 Å². The molecule has 1 rings (SSSR count). The molecule has 2 N–H and O–H groups in total. The van der Waals surface area contributed by atoms with Crippen LogP contribution in [-0.2, 0) is 10.0 Å². The second-order valence-electron chi connectivity index (χ2n) is 4.91. The Morgan fingerprint density at radius 2 is 1.90 bits per heavy atom. The minimum Gasteiger partial charge on any atom is -0.495 e. The van der Waals surface area contributed by atoms with E-state index < -0.39 is 15.6 Å². The van der Waals surface area contributed by atoms with Crippen LogP contribution >= 0.6 is 0 Å². The van der Waals surface area contributed by atoms with E-state index in [-0.39, 0.29) is 11.4 Å². The highest BCUT2D eigenvalue weighted by Gasteiger charge is 2.27. The van der Waals surface area contributed by atoms with Gasteiger partial charge in [0.25, 0.3) is 0 Å². The zero-order valence-electron chi connectivity index (χ0n) is 12.4. The molecule has 6 heteroatoms. The molecule has 1 aromatic carbocycles. The number of aryl methyl sites for hydroxylation is 1. The van der Waals surface area contributed by atoms with Gasteiger partial charge < -0.3 is 9.84 Å². The Kier molecular flexibility index (Phi) is 5.56. The van der Waals surface area contributed by atoms with Crippen LogP contribution in [0.4, 0.5) is 0 Å². The van der Waals surface area contributed by atoms with Crippen molar-refractivity contribution in [3.8, 4) is 5.75 Å². The van der Waals surface area contributed by atoms with Crippen molar-refractivity contribution in [2.45, 2.75) is 44.1 Å². The van der Waals surface area contributed by atoms with Gasteiger partial charge in [-0.25, -0.2) is 13.1 Å². The van der Waals surface area contributed by atoms with Gasteiger partial charge in [-0.1, -0.05) is 19.9 Å². The summed E-state index contributed by atoms with van der Waals surface area (Å²) in [5.74, 6) is 0.291. The van der Waals surface area contributed by atoms with Gasteiger partial charge >= 0.3 is 0 Å². The van der Waals surface area contributed by atoms with E-state index in [1.807, 2.05) is 20.8 Å². The molecular formula is C14H23NO4S. The van der Waals surface area contributed by atoms with Gasteiger partial charge in [0.1, 0.15) is 10.6 Å². The SMILES string of the molecule is CCC(O)(CC)CNS(=O)(=O)c1cc(C)ccc1OC. The Morgan fingerprint density at radius 1 is 1.30 bits per heavy atom. The number of hydrogen-bond acceptors (Lipinski definition) is 4. The largest absolute Gasteiger partial charge is 0.495 e. The second-order valence-corrected chi connectivity index (χ2v) is 6.65. The van der Waals surface area contributed by atoms with Gasteiger partial charge in [0.2, 0.25) is 10.0 Å². The molecular weight excluding hydrogens is 278 g/mol. The summed E-state index contributed by atoms with van der Waals surface area (Å²) in [4.78, 5) is 0.0922. The summed E-state index contributed by atoms with van der Waals surface area (Å²) in [7, 11) is -2.29. The first-order valence-electron chi connectivity index (χ1n) is 6.64. The zero-order valence-corrected chi connectivity index (χ0v) is 13.3. The van der Waals surface area contributed by atoms with E-state index in [4.69, 9.17) is 4.74 Å². The molecule has 0 aliphatic rings. The van der Waals surface area contributed by atoms with Crippen molar-refractivity contribution < 1.29 is 18.3 Å². The first kappa shape index (κ1) is 16.9. The smallest absolute Gasteiger partial charge is 0.244 e. The maximum atomic E-state index is 12.3. The lowest BCUT2D eigenvalue weighted by Crippen LogP contribution is -2.42. The standard InChI is InChI=1S/C14H23NO4S/c1-5-14(16,6-2)10-15-20(17,18)13-9-11(3)7-8-12(13)19-4/h7-9,15-16H,5-6,10H2,1-4H3. The highest BCUT2D eigenvalue weighted by atomic mass is 32.2. The van der Waals surface area contributed by atoms with Crippen LogP contribution in [0.2, 0.25) is 0 Å². The van der Waals surface area contributed by atoms with Gasteiger partial charge in [-0.05, 0) is 37.5 Å². The lowest BCUT2D eigenvalue weighted by molar-refractivity contribution is 0.0377. The van der Waals surface area contributed by atoms with E-state index in [0.717, 1.165) is 5.56 Å². The highest BCUT2D eigenvalue weighted by molar-refractivity contribution is 7.89. The van der Waals surface area contributed by atoms with Gasteiger partial charge in [0.05, 0.1) is 12.7 Å². The lowest BCUT2D eigenvalue weighted by atomic mass is 9.98. The molecule has 114 valence electrons. The topological polar surface area (TPSA) is 75.6 Å². The molecule has 20 heavy (non-hydrogen) atoms. The monoisotopic (exact) mass is 301 g/mol. The van der Waals surface area contributed by atoms with Crippen LogP contribution in [-0.4, -0.2) is 32.8 Å². The molecule has 0 saturated carbocycles. The van der Waals surface area contributed by atoms with Gasteiger partial charge in [0, 0.05) is 6.54 Å². The van der Waals surface area contributed by atoms with Gasteiger partial charge in [-0.2, -0.15) is 0 Å². The molecule has 5 nitrogen and oxygen atoms in total. The lowest BCUT2D eigenvalue weighted by Gasteiger charge is -2.25. The maximum absolute atomic E-state index is 12.3. The van der Waals surface area contributed by atoms with Crippen LogP contribution in [0.15, 0.2) is 23.1 Å². The predicted molar refractivity (Wildman–Crippen MR) is 78.5 cm³/mol. The van der Waals surface area contributed by atoms with Crippen molar-refractivity contribution in [1.82, 2.24) is 4.72 Å². The molecule has 0 atom stereocenters.